The molecule has 0 spiro atoms. The Morgan fingerprint density at radius 2 is 1.88 bits per heavy atom. The second-order valence-electron chi connectivity index (χ2n) is 4.66. The Labute approximate surface area is 108 Å². The van der Waals surface area contributed by atoms with Gasteiger partial charge < -0.3 is 9.47 Å². The summed E-state index contributed by atoms with van der Waals surface area (Å²) < 4.78 is 11.8. The number of carbonyl (C=O) groups is 1. The minimum atomic E-state index is 0.189. The maximum Gasteiger partial charge on any atom is 0.167 e. The van der Waals surface area contributed by atoms with Gasteiger partial charge in [-0.25, -0.2) is 0 Å². The summed E-state index contributed by atoms with van der Waals surface area (Å²) in [6.07, 6.45) is 1.000. The first-order valence-corrected chi connectivity index (χ1v) is 6.59. The van der Waals surface area contributed by atoms with Crippen molar-refractivity contribution >= 4 is 21.7 Å². The molecule has 0 amide bonds. The molecule has 17 heavy (non-hydrogen) atoms. The first-order chi connectivity index (χ1) is 8.16. The number of ether oxygens (including phenoxy) is 2. The lowest BCUT2D eigenvalue weighted by molar-refractivity contribution is 0.0960. The van der Waals surface area contributed by atoms with Crippen molar-refractivity contribution in [2.24, 2.45) is 11.8 Å². The van der Waals surface area contributed by atoms with Crippen molar-refractivity contribution in [2.45, 2.75) is 13.3 Å². The molecule has 3 nitrogen and oxygen atoms in total. The molecule has 1 saturated carbocycles. The van der Waals surface area contributed by atoms with Gasteiger partial charge in [0.15, 0.2) is 17.3 Å². The van der Waals surface area contributed by atoms with Crippen LogP contribution in [0.25, 0.3) is 0 Å². The molecule has 0 saturated heterocycles. The Morgan fingerprint density at radius 3 is 2.47 bits per heavy atom. The molecule has 1 aromatic rings. The summed E-state index contributed by atoms with van der Waals surface area (Å²) in [4.78, 5) is 12.2. The third-order valence-electron chi connectivity index (χ3n) is 3.34. The van der Waals surface area contributed by atoms with Gasteiger partial charge in [-0.15, -0.1) is 0 Å². The maximum atomic E-state index is 12.2. The summed E-state index contributed by atoms with van der Waals surface area (Å²) in [5, 5.41) is 0. The highest BCUT2D eigenvalue weighted by Crippen LogP contribution is 2.43. The van der Waals surface area contributed by atoms with E-state index >= 15 is 0 Å². The van der Waals surface area contributed by atoms with E-state index in [2.05, 4.69) is 22.9 Å². The largest absolute Gasteiger partial charge is 0.486 e. The van der Waals surface area contributed by atoms with E-state index in [9.17, 15) is 4.79 Å². The number of rotatable bonds is 2. The highest BCUT2D eigenvalue weighted by molar-refractivity contribution is 9.10. The Balaban J connectivity index is 1.96. The summed E-state index contributed by atoms with van der Waals surface area (Å²) in [7, 11) is 0. The molecule has 0 N–H and O–H groups in total. The van der Waals surface area contributed by atoms with E-state index in [1.54, 1.807) is 6.07 Å². The fourth-order valence-electron chi connectivity index (χ4n) is 2.14. The van der Waals surface area contributed by atoms with Crippen LogP contribution in [0.3, 0.4) is 0 Å². The second-order valence-corrected chi connectivity index (χ2v) is 5.51. The number of Topliss-reactive ketones (excluding diaryl/α,β-unsaturated/α-hetero) is 1. The molecule has 1 aromatic carbocycles. The van der Waals surface area contributed by atoms with Crippen LogP contribution >= 0.6 is 15.9 Å². The number of hydrogen-bond donors (Lipinski definition) is 0. The van der Waals surface area contributed by atoms with E-state index < -0.39 is 0 Å². The Kier molecular flexibility index (Phi) is 2.62. The predicted molar refractivity (Wildman–Crippen MR) is 66.7 cm³/mol. The fourth-order valence-corrected chi connectivity index (χ4v) is 2.66. The van der Waals surface area contributed by atoms with Crippen LogP contribution in [-0.2, 0) is 0 Å². The molecule has 2 atom stereocenters. The summed E-state index contributed by atoms with van der Waals surface area (Å²) in [6.45, 7) is 3.21. The average Bonchev–Trinajstić information content (AvgIpc) is 3.05. The van der Waals surface area contributed by atoms with Gasteiger partial charge >= 0.3 is 0 Å². The van der Waals surface area contributed by atoms with Gasteiger partial charge in [-0.3, -0.25) is 4.79 Å². The van der Waals surface area contributed by atoms with E-state index in [0.29, 0.717) is 36.2 Å². The second kappa shape index (κ2) is 4.02. The van der Waals surface area contributed by atoms with Crippen molar-refractivity contribution in [1.82, 2.24) is 0 Å². The zero-order valence-electron chi connectivity index (χ0n) is 9.53. The van der Waals surface area contributed by atoms with Gasteiger partial charge in [-0.2, -0.15) is 0 Å². The summed E-state index contributed by atoms with van der Waals surface area (Å²) in [5.74, 6) is 2.30. The molecule has 0 radical (unpaired) electrons. The van der Waals surface area contributed by atoms with Crippen molar-refractivity contribution in [1.29, 1.82) is 0 Å². The minimum Gasteiger partial charge on any atom is -0.486 e. The van der Waals surface area contributed by atoms with Crippen LogP contribution in [0.15, 0.2) is 16.6 Å². The van der Waals surface area contributed by atoms with Crippen molar-refractivity contribution in [3.8, 4) is 11.5 Å². The van der Waals surface area contributed by atoms with Crippen LogP contribution in [0.2, 0.25) is 0 Å². The van der Waals surface area contributed by atoms with E-state index in [4.69, 9.17) is 9.47 Å². The van der Waals surface area contributed by atoms with Gasteiger partial charge in [-0.1, -0.05) is 6.92 Å². The molecule has 90 valence electrons. The number of ketones is 1. The first-order valence-electron chi connectivity index (χ1n) is 5.80. The van der Waals surface area contributed by atoms with Gasteiger partial charge in [0.2, 0.25) is 0 Å². The van der Waals surface area contributed by atoms with Crippen LogP contribution in [0.4, 0.5) is 0 Å². The molecular weight excluding hydrogens is 284 g/mol. The van der Waals surface area contributed by atoms with Crippen LogP contribution in [0.1, 0.15) is 23.7 Å². The topological polar surface area (TPSA) is 35.5 Å². The summed E-state index contributed by atoms with van der Waals surface area (Å²) in [6, 6.07) is 3.63. The molecule has 0 bridgehead atoms. The Bertz CT molecular complexity index is 484. The van der Waals surface area contributed by atoms with Crippen molar-refractivity contribution in [3.63, 3.8) is 0 Å². The fraction of sp³-hybridized carbons (Fsp3) is 0.462. The number of carbonyl (C=O) groups excluding carboxylic acids is 1. The van der Waals surface area contributed by atoms with E-state index in [0.717, 1.165) is 10.9 Å². The standard InChI is InChI=1S/C13H13BrO3/c1-7-4-8(7)13(15)9-5-11-12(6-10(9)14)17-3-2-16-11/h5-8H,2-4H2,1H3. The summed E-state index contributed by atoms with van der Waals surface area (Å²) in [5.41, 5.74) is 0.712. The van der Waals surface area contributed by atoms with Crippen LogP contribution in [0, 0.1) is 11.8 Å². The van der Waals surface area contributed by atoms with Crippen molar-refractivity contribution in [3.05, 3.63) is 22.2 Å². The van der Waals surface area contributed by atoms with Gasteiger partial charge in [-0.05, 0) is 40.4 Å². The van der Waals surface area contributed by atoms with Gasteiger partial charge in [0, 0.05) is 16.0 Å². The zero-order valence-corrected chi connectivity index (χ0v) is 11.1. The minimum absolute atomic E-state index is 0.189. The smallest absolute Gasteiger partial charge is 0.167 e. The molecule has 3 rings (SSSR count). The lowest BCUT2D eigenvalue weighted by Gasteiger charge is -2.19. The predicted octanol–water partition coefficient (Wildman–Crippen LogP) is 3.06. The summed E-state index contributed by atoms with van der Waals surface area (Å²) >= 11 is 3.44. The number of hydrogen-bond acceptors (Lipinski definition) is 3. The highest BCUT2D eigenvalue weighted by Gasteiger charge is 2.40. The molecule has 1 heterocycles. The quantitative estimate of drug-likeness (QED) is 0.787. The van der Waals surface area contributed by atoms with Crippen molar-refractivity contribution < 1.29 is 14.3 Å². The van der Waals surface area contributed by atoms with Gasteiger partial charge in [0.05, 0.1) is 0 Å². The highest BCUT2D eigenvalue weighted by atomic mass is 79.9. The zero-order chi connectivity index (χ0) is 12.0. The number of benzene rings is 1. The van der Waals surface area contributed by atoms with Crippen LogP contribution in [0.5, 0.6) is 11.5 Å². The van der Waals surface area contributed by atoms with Gasteiger partial charge in [0.1, 0.15) is 13.2 Å². The first kappa shape index (κ1) is 11.1. The average molecular weight is 297 g/mol. The maximum absolute atomic E-state index is 12.2. The lowest BCUT2D eigenvalue weighted by atomic mass is 10.1. The number of fused-ring (bicyclic) bond motifs is 1. The Morgan fingerprint density at radius 1 is 1.29 bits per heavy atom. The van der Waals surface area contributed by atoms with E-state index in [1.807, 2.05) is 6.07 Å². The monoisotopic (exact) mass is 296 g/mol. The number of halogens is 1. The SMILES string of the molecule is CC1CC1C(=O)c1cc2c(cc1Br)OCCO2. The normalized spacial score (nSPS) is 25.5. The Hall–Kier alpha value is -1.03. The lowest BCUT2D eigenvalue weighted by Crippen LogP contribution is -2.16. The molecule has 1 fully saturated rings. The van der Waals surface area contributed by atoms with Crippen molar-refractivity contribution in [2.75, 3.05) is 13.2 Å². The molecule has 2 unspecified atom stereocenters. The third-order valence-corrected chi connectivity index (χ3v) is 4.00. The molecule has 0 aromatic heterocycles. The van der Waals surface area contributed by atoms with Crippen LogP contribution < -0.4 is 9.47 Å². The van der Waals surface area contributed by atoms with Gasteiger partial charge in [0.25, 0.3) is 0 Å². The molecule has 1 aliphatic heterocycles. The molecule has 4 heteroatoms. The third kappa shape index (κ3) is 1.95. The molecule has 2 aliphatic rings. The molecular formula is C13H13BrO3. The van der Waals surface area contributed by atoms with Crippen LogP contribution in [-0.4, -0.2) is 19.0 Å². The van der Waals surface area contributed by atoms with E-state index in [1.165, 1.54) is 0 Å². The van der Waals surface area contributed by atoms with E-state index in [-0.39, 0.29) is 11.7 Å². The molecule has 1 aliphatic carbocycles.